The van der Waals surface area contributed by atoms with Crippen molar-refractivity contribution < 1.29 is 22.7 Å². The van der Waals surface area contributed by atoms with E-state index in [1.54, 1.807) is 6.07 Å². The van der Waals surface area contributed by atoms with Gasteiger partial charge in [0.1, 0.15) is 0 Å². The number of benzene rings is 2. The van der Waals surface area contributed by atoms with Gasteiger partial charge in [-0.3, -0.25) is 9.59 Å². The van der Waals surface area contributed by atoms with Gasteiger partial charge in [-0.05, 0) is 61.4 Å². The highest BCUT2D eigenvalue weighted by Crippen LogP contribution is 2.14. The van der Waals surface area contributed by atoms with Gasteiger partial charge in [-0.15, -0.1) is 0 Å². The Balaban J connectivity index is 1.74. The molecule has 0 aliphatic carbocycles. The van der Waals surface area contributed by atoms with Crippen molar-refractivity contribution in [1.29, 1.82) is 0 Å². The maximum atomic E-state index is 12.1. The van der Waals surface area contributed by atoms with Crippen molar-refractivity contribution in [3.05, 3.63) is 58.6 Å². The van der Waals surface area contributed by atoms with Crippen LogP contribution in [-0.4, -0.2) is 33.4 Å². The predicted octanol–water partition coefficient (Wildman–Crippen LogP) is 2.81. The van der Waals surface area contributed by atoms with Gasteiger partial charge in [0.25, 0.3) is 5.91 Å². The molecule has 0 radical (unpaired) electrons. The molecule has 9 heteroatoms. The van der Waals surface area contributed by atoms with E-state index in [9.17, 15) is 18.0 Å². The molecule has 0 bridgehead atoms. The van der Waals surface area contributed by atoms with Gasteiger partial charge < -0.3 is 10.1 Å². The third-order valence-corrected chi connectivity index (χ3v) is 5.63. The summed E-state index contributed by atoms with van der Waals surface area (Å²) in [5.41, 5.74) is 2.74. The number of rotatable bonds is 8. The van der Waals surface area contributed by atoms with Crippen LogP contribution >= 0.6 is 11.6 Å². The second-order valence-corrected chi connectivity index (χ2v) is 8.31. The van der Waals surface area contributed by atoms with Gasteiger partial charge in [-0.2, -0.15) is 0 Å². The van der Waals surface area contributed by atoms with E-state index < -0.39 is 28.5 Å². The van der Waals surface area contributed by atoms with Crippen molar-refractivity contribution >= 4 is 39.2 Å². The van der Waals surface area contributed by atoms with Gasteiger partial charge in [0.2, 0.25) is 10.0 Å². The fraction of sp³-hybridized carbons (Fsp3) is 0.263. The molecular weight excluding hydrogens is 404 g/mol. The highest BCUT2D eigenvalue weighted by atomic mass is 35.5. The van der Waals surface area contributed by atoms with Crippen LogP contribution in [0.1, 0.15) is 17.5 Å². The van der Waals surface area contributed by atoms with Crippen molar-refractivity contribution in [3.63, 3.8) is 0 Å². The SMILES string of the molecule is Cc1ccc(NC(=O)COC(=O)CCNS(=O)(=O)c2ccc(Cl)cc2)cc1C. The second kappa shape index (κ2) is 9.68. The lowest BCUT2D eigenvalue weighted by molar-refractivity contribution is -0.147. The number of hydrogen-bond donors (Lipinski definition) is 2. The number of esters is 1. The van der Waals surface area contributed by atoms with Crippen LogP contribution in [0.2, 0.25) is 5.02 Å². The molecule has 1 amide bonds. The van der Waals surface area contributed by atoms with E-state index in [0.717, 1.165) is 11.1 Å². The third kappa shape index (κ3) is 6.63. The summed E-state index contributed by atoms with van der Waals surface area (Å²) >= 11 is 5.72. The Morgan fingerprint density at radius 1 is 1.04 bits per heavy atom. The Hall–Kier alpha value is -2.42. The molecule has 0 saturated carbocycles. The summed E-state index contributed by atoms with van der Waals surface area (Å²) < 4.78 is 31.3. The van der Waals surface area contributed by atoms with Gasteiger partial charge in [-0.1, -0.05) is 17.7 Å². The van der Waals surface area contributed by atoms with Crippen LogP contribution in [0.5, 0.6) is 0 Å². The van der Waals surface area contributed by atoms with Crippen LogP contribution < -0.4 is 10.0 Å². The van der Waals surface area contributed by atoms with E-state index in [1.165, 1.54) is 24.3 Å². The zero-order valence-electron chi connectivity index (χ0n) is 15.5. The first-order chi connectivity index (χ1) is 13.2. The van der Waals surface area contributed by atoms with Crippen molar-refractivity contribution in [2.24, 2.45) is 0 Å². The average Bonchev–Trinajstić information content (AvgIpc) is 2.63. The maximum absolute atomic E-state index is 12.1. The van der Waals surface area contributed by atoms with Crippen LogP contribution in [0.25, 0.3) is 0 Å². The Labute approximate surface area is 169 Å². The third-order valence-electron chi connectivity index (χ3n) is 3.90. The summed E-state index contributed by atoms with van der Waals surface area (Å²) in [5, 5.41) is 3.05. The van der Waals surface area contributed by atoms with Crippen molar-refractivity contribution in [2.75, 3.05) is 18.5 Å². The molecule has 0 fully saturated rings. The molecule has 0 saturated heterocycles. The van der Waals surface area contributed by atoms with Crippen LogP contribution in [0.15, 0.2) is 47.4 Å². The summed E-state index contributed by atoms with van der Waals surface area (Å²) in [6, 6.07) is 11.1. The molecule has 28 heavy (non-hydrogen) atoms. The Morgan fingerprint density at radius 3 is 2.36 bits per heavy atom. The van der Waals surface area contributed by atoms with E-state index >= 15 is 0 Å². The molecule has 0 unspecified atom stereocenters. The minimum atomic E-state index is -3.75. The number of sulfonamides is 1. The number of halogens is 1. The first-order valence-corrected chi connectivity index (χ1v) is 10.3. The van der Waals surface area contributed by atoms with Gasteiger partial charge in [0.15, 0.2) is 6.61 Å². The largest absolute Gasteiger partial charge is 0.456 e. The minimum Gasteiger partial charge on any atom is -0.456 e. The smallest absolute Gasteiger partial charge is 0.307 e. The van der Waals surface area contributed by atoms with Crippen molar-refractivity contribution in [3.8, 4) is 0 Å². The lowest BCUT2D eigenvalue weighted by Crippen LogP contribution is -2.28. The average molecular weight is 425 g/mol. The second-order valence-electron chi connectivity index (χ2n) is 6.11. The zero-order valence-corrected chi connectivity index (χ0v) is 17.1. The molecule has 2 rings (SSSR count). The number of anilines is 1. The topological polar surface area (TPSA) is 102 Å². The fourth-order valence-corrected chi connectivity index (χ4v) is 3.38. The van der Waals surface area contributed by atoms with Crippen molar-refractivity contribution in [1.82, 2.24) is 4.72 Å². The molecular formula is C19H21ClN2O5S. The number of hydrogen-bond acceptors (Lipinski definition) is 5. The van der Waals surface area contributed by atoms with E-state index in [4.69, 9.17) is 16.3 Å². The van der Waals surface area contributed by atoms with E-state index in [1.807, 2.05) is 26.0 Å². The molecule has 2 aromatic carbocycles. The van der Waals surface area contributed by atoms with E-state index in [-0.39, 0.29) is 17.9 Å². The van der Waals surface area contributed by atoms with Gasteiger partial charge in [0.05, 0.1) is 11.3 Å². The Morgan fingerprint density at radius 2 is 1.71 bits per heavy atom. The Kier molecular flexibility index (Phi) is 7.56. The lowest BCUT2D eigenvalue weighted by Gasteiger charge is -2.09. The van der Waals surface area contributed by atoms with Crippen LogP contribution in [0, 0.1) is 13.8 Å². The van der Waals surface area contributed by atoms with Crippen LogP contribution in [0.4, 0.5) is 5.69 Å². The van der Waals surface area contributed by atoms with Gasteiger partial charge >= 0.3 is 5.97 Å². The molecule has 2 aromatic rings. The number of carbonyl (C=O) groups is 2. The molecule has 150 valence electrons. The molecule has 7 nitrogen and oxygen atoms in total. The zero-order chi connectivity index (χ0) is 20.7. The number of nitrogens with one attached hydrogen (secondary N) is 2. The molecule has 0 heterocycles. The number of aryl methyl sites for hydroxylation is 2. The molecule has 0 aromatic heterocycles. The quantitative estimate of drug-likeness (QED) is 0.634. The molecule has 2 N–H and O–H groups in total. The fourth-order valence-electron chi connectivity index (χ4n) is 2.22. The molecule has 0 aliphatic rings. The standard InChI is InChI=1S/C19H21ClN2O5S/c1-13-3-6-16(11-14(13)2)22-18(23)12-27-19(24)9-10-21-28(25,26)17-7-4-15(20)5-8-17/h3-8,11,21H,9-10,12H2,1-2H3,(H,22,23). The highest BCUT2D eigenvalue weighted by Gasteiger charge is 2.15. The number of amides is 1. The van der Waals surface area contributed by atoms with Crippen LogP contribution in [-0.2, 0) is 24.3 Å². The maximum Gasteiger partial charge on any atom is 0.307 e. The number of carbonyl (C=O) groups excluding carboxylic acids is 2. The molecule has 0 aliphatic heterocycles. The summed E-state index contributed by atoms with van der Waals surface area (Å²) in [6.07, 6.45) is -0.205. The summed E-state index contributed by atoms with van der Waals surface area (Å²) in [7, 11) is -3.75. The van der Waals surface area contributed by atoms with Crippen LogP contribution in [0.3, 0.4) is 0 Å². The first-order valence-electron chi connectivity index (χ1n) is 8.45. The number of ether oxygens (including phenoxy) is 1. The van der Waals surface area contributed by atoms with Gasteiger partial charge in [0, 0.05) is 17.3 Å². The van der Waals surface area contributed by atoms with Crippen molar-refractivity contribution in [2.45, 2.75) is 25.2 Å². The first kappa shape index (κ1) is 21.9. The highest BCUT2D eigenvalue weighted by molar-refractivity contribution is 7.89. The monoisotopic (exact) mass is 424 g/mol. The lowest BCUT2D eigenvalue weighted by atomic mass is 10.1. The summed E-state index contributed by atoms with van der Waals surface area (Å²) in [5.74, 6) is -1.16. The normalized spacial score (nSPS) is 11.1. The van der Waals surface area contributed by atoms with E-state index in [0.29, 0.717) is 10.7 Å². The van der Waals surface area contributed by atoms with E-state index in [2.05, 4.69) is 10.0 Å². The molecule has 0 spiro atoms. The molecule has 0 atom stereocenters. The Bertz CT molecular complexity index is 959. The summed E-state index contributed by atoms with van der Waals surface area (Å²) in [4.78, 5) is 23.6. The minimum absolute atomic E-state index is 0.0398. The summed E-state index contributed by atoms with van der Waals surface area (Å²) in [6.45, 7) is 3.29. The van der Waals surface area contributed by atoms with Gasteiger partial charge in [-0.25, -0.2) is 13.1 Å². The predicted molar refractivity (Wildman–Crippen MR) is 107 cm³/mol.